The van der Waals surface area contributed by atoms with Gasteiger partial charge in [-0.1, -0.05) is 40.2 Å². The molecule has 2 aromatic carbocycles. The molecule has 0 aliphatic carbocycles. The van der Waals surface area contributed by atoms with Gasteiger partial charge in [-0.25, -0.2) is 4.98 Å². The third kappa shape index (κ3) is 2.99. The summed E-state index contributed by atoms with van der Waals surface area (Å²) in [6, 6.07) is 14.7. The Morgan fingerprint density at radius 2 is 2.00 bits per heavy atom. The summed E-state index contributed by atoms with van der Waals surface area (Å²) in [6.45, 7) is 2.89. The van der Waals surface area contributed by atoms with Crippen LogP contribution in [0.1, 0.15) is 17.0 Å². The first-order chi connectivity index (χ1) is 10.2. The van der Waals surface area contributed by atoms with Crippen LogP contribution in [0.5, 0.6) is 0 Å². The molecule has 4 heteroatoms. The van der Waals surface area contributed by atoms with E-state index >= 15 is 0 Å². The van der Waals surface area contributed by atoms with Crippen LogP contribution in [0.15, 0.2) is 46.9 Å². The van der Waals surface area contributed by atoms with E-state index in [-0.39, 0.29) is 0 Å². The third-order valence-corrected chi connectivity index (χ3v) is 4.55. The highest BCUT2D eigenvalue weighted by atomic mass is 79.9. The molecule has 0 radical (unpaired) electrons. The molecule has 3 rings (SSSR count). The molecule has 0 saturated carbocycles. The maximum Gasteiger partial charge on any atom is 0.111 e. The van der Waals surface area contributed by atoms with Gasteiger partial charge >= 0.3 is 0 Å². The molecule has 1 aromatic heterocycles. The van der Waals surface area contributed by atoms with E-state index < -0.39 is 0 Å². The fraction of sp³-hybridized carbons (Fsp3) is 0.235. The monoisotopic (exact) mass is 362 g/mol. The first-order valence-electron chi connectivity index (χ1n) is 6.94. The van der Waals surface area contributed by atoms with Crippen molar-refractivity contribution in [3.05, 3.63) is 63.9 Å². The number of aryl methyl sites for hydroxylation is 2. The van der Waals surface area contributed by atoms with Crippen LogP contribution in [0.4, 0.5) is 0 Å². The molecule has 2 nitrogen and oxygen atoms in total. The largest absolute Gasteiger partial charge is 0.323 e. The van der Waals surface area contributed by atoms with Gasteiger partial charge in [-0.3, -0.25) is 0 Å². The molecule has 3 aromatic rings. The zero-order valence-electron chi connectivity index (χ0n) is 11.8. The second kappa shape index (κ2) is 6.20. The number of hydrogen-bond acceptors (Lipinski definition) is 1. The second-order valence-corrected chi connectivity index (χ2v) is 6.37. The second-order valence-electron chi connectivity index (χ2n) is 5.14. The van der Waals surface area contributed by atoms with Gasteiger partial charge in [0.15, 0.2) is 0 Å². The summed E-state index contributed by atoms with van der Waals surface area (Å²) in [5, 5.41) is 0. The molecule has 0 bridgehead atoms. The van der Waals surface area contributed by atoms with E-state index in [9.17, 15) is 0 Å². The van der Waals surface area contributed by atoms with Crippen molar-refractivity contribution >= 4 is 38.6 Å². The van der Waals surface area contributed by atoms with E-state index in [1.165, 1.54) is 11.1 Å². The Kier molecular flexibility index (Phi) is 4.32. The summed E-state index contributed by atoms with van der Waals surface area (Å²) in [4.78, 5) is 4.75. The Morgan fingerprint density at radius 3 is 2.76 bits per heavy atom. The van der Waals surface area contributed by atoms with Gasteiger partial charge in [-0.15, -0.1) is 11.6 Å². The molecular weight excluding hydrogens is 348 g/mol. The summed E-state index contributed by atoms with van der Waals surface area (Å²) < 4.78 is 3.38. The number of nitrogens with zero attached hydrogens (tertiary/aromatic N) is 2. The smallest absolute Gasteiger partial charge is 0.111 e. The van der Waals surface area contributed by atoms with Gasteiger partial charge in [0.2, 0.25) is 0 Å². The standard InChI is InChI=1S/C17H16BrClN2/c1-12-6-7-16-15(10-12)20-17(8-9-19)21(16)11-13-4-2-3-5-14(13)18/h2-7,10H,8-9,11H2,1H3. The Labute approximate surface area is 137 Å². The van der Waals surface area contributed by atoms with Crippen LogP contribution in [0.3, 0.4) is 0 Å². The Bertz CT molecular complexity index is 780. The topological polar surface area (TPSA) is 17.8 Å². The predicted molar refractivity (Wildman–Crippen MR) is 92.1 cm³/mol. The summed E-state index contributed by atoms with van der Waals surface area (Å²) in [6.07, 6.45) is 0.778. The minimum atomic E-state index is 0.582. The summed E-state index contributed by atoms with van der Waals surface area (Å²) >= 11 is 9.56. The zero-order chi connectivity index (χ0) is 14.8. The van der Waals surface area contributed by atoms with Crippen molar-refractivity contribution in [2.24, 2.45) is 0 Å². The number of aromatic nitrogens is 2. The van der Waals surface area contributed by atoms with Crippen molar-refractivity contribution in [3.8, 4) is 0 Å². The molecule has 108 valence electrons. The average molecular weight is 364 g/mol. The van der Waals surface area contributed by atoms with E-state index in [4.69, 9.17) is 16.6 Å². The Morgan fingerprint density at radius 1 is 1.19 bits per heavy atom. The van der Waals surface area contributed by atoms with Crippen LogP contribution in [-0.4, -0.2) is 15.4 Å². The molecule has 21 heavy (non-hydrogen) atoms. The molecular formula is C17H16BrClN2. The minimum absolute atomic E-state index is 0.582. The number of hydrogen-bond donors (Lipinski definition) is 0. The molecule has 0 fully saturated rings. The first-order valence-corrected chi connectivity index (χ1v) is 8.27. The molecule has 0 aliphatic rings. The van der Waals surface area contributed by atoms with Crippen LogP contribution < -0.4 is 0 Å². The molecule has 0 saturated heterocycles. The van der Waals surface area contributed by atoms with Crippen molar-refractivity contribution < 1.29 is 0 Å². The van der Waals surface area contributed by atoms with E-state index in [1.54, 1.807) is 0 Å². The number of fused-ring (bicyclic) bond motifs is 1. The molecule has 0 spiro atoms. The number of rotatable bonds is 4. The van der Waals surface area contributed by atoms with Crippen molar-refractivity contribution in [2.75, 3.05) is 5.88 Å². The quantitative estimate of drug-likeness (QED) is 0.601. The van der Waals surface area contributed by atoms with Gasteiger partial charge in [0, 0.05) is 16.8 Å². The number of benzene rings is 2. The number of imidazole rings is 1. The Balaban J connectivity index is 2.11. The maximum atomic E-state index is 5.94. The van der Waals surface area contributed by atoms with Crippen molar-refractivity contribution in [1.29, 1.82) is 0 Å². The van der Waals surface area contributed by atoms with Crippen LogP contribution in [0.25, 0.3) is 11.0 Å². The fourth-order valence-electron chi connectivity index (χ4n) is 2.54. The van der Waals surface area contributed by atoms with E-state index in [1.807, 2.05) is 6.07 Å². The maximum absolute atomic E-state index is 5.94. The molecule has 1 heterocycles. The van der Waals surface area contributed by atoms with Gasteiger partial charge in [-0.05, 0) is 36.2 Å². The predicted octanol–water partition coefficient (Wildman–Crippen LogP) is 4.94. The van der Waals surface area contributed by atoms with Crippen molar-refractivity contribution in [1.82, 2.24) is 9.55 Å². The summed E-state index contributed by atoms with van der Waals surface area (Å²) in [5.74, 6) is 1.62. The van der Waals surface area contributed by atoms with Gasteiger partial charge < -0.3 is 4.57 Å². The SMILES string of the molecule is Cc1ccc2c(c1)nc(CCCl)n2Cc1ccccc1Br. The number of halogens is 2. The Hall–Kier alpha value is -1.32. The summed E-state index contributed by atoms with van der Waals surface area (Å²) in [7, 11) is 0. The molecule has 0 aliphatic heterocycles. The third-order valence-electron chi connectivity index (χ3n) is 3.59. The molecule has 0 N–H and O–H groups in total. The first kappa shape index (κ1) is 14.6. The lowest BCUT2D eigenvalue weighted by molar-refractivity contribution is 0.752. The molecule has 0 atom stereocenters. The van der Waals surface area contributed by atoms with Gasteiger partial charge in [0.05, 0.1) is 17.6 Å². The van der Waals surface area contributed by atoms with Crippen LogP contribution in [0.2, 0.25) is 0 Å². The highest BCUT2D eigenvalue weighted by Gasteiger charge is 2.12. The van der Waals surface area contributed by atoms with Crippen LogP contribution in [-0.2, 0) is 13.0 Å². The summed E-state index contributed by atoms with van der Waals surface area (Å²) in [5.41, 5.74) is 4.68. The van der Waals surface area contributed by atoms with Gasteiger partial charge in [-0.2, -0.15) is 0 Å². The number of alkyl halides is 1. The van der Waals surface area contributed by atoms with Gasteiger partial charge in [0.1, 0.15) is 5.82 Å². The van der Waals surface area contributed by atoms with Crippen molar-refractivity contribution in [2.45, 2.75) is 19.9 Å². The van der Waals surface area contributed by atoms with E-state index in [0.29, 0.717) is 5.88 Å². The van der Waals surface area contributed by atoms with E-state index in [0.717, 1.165) is 34.3 Å². The fourth-order valence-corrected chi connectivity index (χ4v) is 3.12. The molecule has 0 amide bonds. The highest BCUT2D eigenvalue weighted by Crippen LogP contribution is 2.23. The van der Waals surface area contributed by atoms with Crippen molar-refractivity contribution in [3.63, 3.8) is 0 Å². The lowest BCUT2D eigenvalue weighted by Gasteiger charge is -2.10. The normalized spacial score (nSPS) is 11.2. The van der Waals surface area contributed by atoms with Gasteiger partial charge in [0.25, 0.3) is 0 Å². The minimum Gasteiger partial charge on any atom is -0.323 e. The van der Waals surface area contributed by atoms with E-state index in [2.05, 4.69) is 63.8 Å². The molecule has 0 unspecified atom stereocenters. The van der Waals surface area contributed by atoms with Crippen LogP contribution in [0, 0.1) is 6.92 Å². The highest BCUT2D eigenvalue weighted by molar-refractivity contribution is 9.10. The zero-order valence-corrected chi connectivity index (χ0v) is 14.2. The lowest BCUT2D eigenvalue weighted by Crippen LogP contribution is -2.06. The lowest BCUT2D eigenvalue weighted by atomic mass is 10.2. The van der Waals surface area contributed by atoms with Crippen LogP contribution >= 0.6 is 27.5 Å². The average Bonchev–Trinajstić information content (AvgIpc) is 2.79.